The van der Waals surface area contributed by atoms with Crippen molar-refractivity contribution in [3.8, 4) is 5.75 Å². The van der Waals surface area contributed by atoms with Gasteiger partial charge in [-0.05, 0) is 36.8 Å². The van der Waals surface area contributed by atoms with Crippen molar-refractivity contribution in [2.45, 2.75) is 19.9 Å². The summed E-state index contributed by atoms with van der Waals surface area (Å²) in [6, 6.07) is 9.52. The van der Waals surface area contributed by atoms with Gasteiger partial charge in [0.2, 0.25) is 5.91 Å². The number of ether oxygens (including phenoxy) is 1. The summed E-state index contributed by atoms with van der Waals surface area (Å²) in [5.74, 6) is -0.0752. The molecule has 1 heterocycles. The Hall–Kier alpha value is -3.09. The summed E-state index contributed by atoms with van der Waals surface area (Å²) in [7, 11) is 1.54. The van der Waals surface area contributed by atoms with Crippen LogP contribution in [0.15, 0.2) is 47.4 Å². The topological polar surface area (TPSA) is 89.4 Å². The molecule has 0 unspecified atom stereocenters. The van der Waals surface area contributed by atoms with Crippen molar-refractivity contribution < 1.29 is 14.3 Å². The predicted octanol–water partition coefficient (Wildman–Crippen LogP) is 1.64. The first-order valence-electron chi connectivity index (χ1n) is 7.96. The minimum absolute atomic E-state index is 0.118. The number of nitrogens with one attached hydrogen (secondary N) is 2. The molecule has 0 saturated carbocycles. The molecule has 2 aromatic rings. The van der Waals surface area contributed by atoms with Crippen molar-refractivity contribution >= 4 is 17.5 Å². The first-order chi connectivity index (χ1) is 12.0. The molecular formula is C18H21N3O4. The summed E-state index contributed by atoms with van der Waals surface area (Å²) in [5, 5.41) is 5.21. The van der Waals surface area contributed by atoms with E-state index in [1.807, 2.05) is 6.92 Å². The molecule has 0 fully saturated rings. The van der Waals surface area contributed by atoms with Gasteiger partial charge in [0.05, 0.1) is 19.3 Å². The van der Waals surface area contributed by atoms with Gasteiger partial charge in [0, 0.05) is 24.4 Å². The Labute approximate surface area is 145 Å². The summed E-state index contributed by atoms with van der Waals surface area (Å²) in [6.45, 7) is 2.38. The van der Waals surface area contributed by atoms with Crippen LogP contribution in [0.2, 0.25) is 0 Å². The fourth-order valence-corrected chi connectivity index (χ4v) is 2.23. The molecular weight excluding hydrogens is 322 g/mol. The lowest BCUT2D eigenvalue weighted by molar-refractivity contribution is -0.115. The van der Waals surface area contributed by atoms with Gasteiger partial charge in [-0.3, -0.25) is 14.4 Å². The lowest BCUT2D eigenvalue weighted by atomic mass is 10.2. The molecule has 2 N–H and O–H groups in total. The largest absolute Gasteiger partial charge is 0.497 e. The van der Waals surface area contributed by atoms with Crippen molar-refractivity contribution in [1.29, 1.82) is 0 Å². The number of pyridine rings is 1. The summed E-state index contributed by atoms with van der Waals surface area (Å²) in [6.07, 6.45) is 2.41. The summed E-state index contributed by atoms with van der Waals surface area (Å²) in [5.41, 5.74) is 0.828. The number of methoxy groups -OCH3 is 1. The molecule has 7 heteroatoms. The van der Waals surface area contributed by atoms with Gasteiger partial charge in [0.1, 0.15) is 5.75 Å². The summed E-state index contributed by atoms with van der Waals surface area (Å²) in [4.78, 5) is 35.6. The van der Waals surface area contributed by atoms with Crippen LogP contribution < -0.4 is 20.9 Å². The molecule has 1 aromatic carbocycles. The van der Waals surface area contributed by atoms with Gasteiger partial charge in [-0.15, -0.1) is 0 Å². The SMILES string of the molecule is CCCn1cc(NC(=O)CNC(=O)c2ccc(OC)cc2)ccc1=O. The lowest BCUT2D eigenvalue weighted by Gasteiger charge is -2.09. The van der Waals surface area contributed by atoms with Gasteiger partial charge in [-0.1, -0.05) is 6.92 Å². The van der Waals surface area contributed by atoms with Gasteiger partial charge >= 0.3 is 0 Å². The monoisotopic (exact) mass is 343 g/mol. The van der Waals surface area contributed by atoms with Gasteiger partial charge in [0.25, 0.3) is 11.5 Å². The summed E-state index contributed by atoms with van der Waals surface area (Å²) >= 11 is 0. The Morgan fingerprint density at radius 3 is 2.48 bits per heavy atom. The number of aryl methyl sites for hydroxylation is 1. The zero-order valence-electron chi connectivity index (χ0n) is 14.2. The van der Waals surface area contributed by atoms with E-state index in [0.29, 0.717) is 23.5 Å². The standard InChI is InChI=1S/C18H21N3O4/c1-3-10-21-12-14(6-9-17(21)23)20-16(22)11-19-18(24)13-4-7-15(25-2)8-5-13/h4-9,12H,3,10-11H2,1-2H3,(H,19,24)(H,20,22). The number of nitrogens with zero attached hydrogens (tertiary/aromatic N) is 1. The highest BCUT2D eigenvalue weighted by atomic mass is 16.5. The van der Waals surface area contributed by atoms with Gasteiger partial charge in [-0.25, -0.2) is 0 Å². The molecule has 25 heavy (non-hydrogen) atoms. The van der Waals surface area contributed by atoms with Crippen LogP contribution in [0, 0.1) is 0 Å². The fourth-order valence-electron chi connectivity index (χ4n) is 2.23. The maximum Gasteiger partial charge on any atom is 0.251 e. The van der Waals surface area contributed by atoms with E-state index < -0.39 is 0 Å². The molecule has 0 radical (unpaired) electrons. The van der Waals surface area contributed by atoms with E-state index in [1.165, 1.54) is 16.7 Å². The van der Waals surface area contributed by atoms with Crippen LogP contribution in [0.25, 0.3) is 0 Å². The molecule has 2 rings (SSSR count). The molecule has 7 nitrogen and oxygen atoms in total. The molecule has 1 aromatic heterocycles. The average molecular weight is 343 g/mol. The molecule has 0 bridgehead atoms. The van der Waals surface area contributed by atoms with E-state index >= 15 is 0 Å². The first-order valence-corrected chi connectivity index (χ1v) is 7.96. The maximum absolute atomic E-state index is 12.0. The highest BCUT2D eigenvalue weighted by Crippen LogP contribution is 2.11. The van der Waals surface area contributed by atoms with E-state index in [9.17, 15) is 14.4 Å². The minimum Gasteiger partial charge on any atom is -0.497 e. The van der Waals surface area contributed by atoms with Crippen LogP contribution in [-0.2, 0) is 11.3 Å². The summed E-state index contributed by atoms with van der Waals surface area (Å²) < 4.78 is 6.56. The normalized spacial score (nSPS) is 10.2. The third-order valence-electron chi connectivity index (χ3n) is 3.49. The van der Waals surface area contributed by atoms with E-state index in [2.05, 4.69) is 10.6 Å². The maximum atomic E-state index is 12.0. The van der Waals surface area contributed by atoms with E-state index in [-0.39, 0.29) is 23.9 Å². The van der Waals surface area contributed by atoms with Crippen LogP contribution in [0.4, 0.5) is 5.69 Å². The molecule has 0 atom stereocenters. The van der Waals surface area contributed by atoms with Crippen LogP contribution in [0.5, 0.6) is 5.75 Å². The van der Waals surface area contributed by atoms with Crippen LogP contribution in [0.3, 0.4) is 0 Å². The number of anilines is 1. The lowest BCUT2D eigenvalue weighted by Crippen LogP contribution is -2.33. The molecule has 0 aliphatic carbocycles. The highest BCUT2D eigenvalue weighted by Gasteiger charge is 2.09. The number of rotatable bonds is 7. The number of aromatic nitrogens is 1. The second kappa shape index (κ2) is 8.68. The molecule has 2 amide bonds. The minimum atomic E-state index is -0.372. The number of carbonyl (C=O) groups excluding carboxylic acids is 2. The van der Waals surface area contributed by atoms with Crippen LogP contribution in [0.1, 0.15) is 23.7 Å². The molecule has 0 spiro atoms. The Morgan fingerprint density at radius 2 is 1.84 bits per heavy atom. The van der Waals surface area contributed by atoms with Crippen LogP contribution >= 0.6 is 0 Å². The molecule has 132 valence electrons. The Balaban J connectivity index is 1.90. The van der Waals surface area contributed by atoms with E-state index in [4.69, 9.17) is 4.74 Å². The Kier molecular flexibility index (Phi) is 6.33. The fraction of sp³-hybridized carbons (Fsp3) is 0.278. The highest BCUT2D eigenvalue weighted by molar-refractivity contribution is 5.99. The third-order valence-corrected chi connectivity index (χ3v) is 3.49. The quantitative estimate of drug-likeness (QED) is 0.800. The number of amides is 2. The zero-order valence-corrected chi connectivity index (χ0v) is 14.2. The van der Waals surface area contributed by atoms with Gasteiger partial charge < -0.3 is 19.9 Å². The number of hydrogen-bond donors (Lipinski definition) is 2. The molecule has 0 aliphatic rings. The zero-order chi connectivity index (χ0) is 18.2. The second-order valence-electron chi connectivity index (χ2n) is 5.41. The first kappa shape index (κ1) is 18.3. The predicted molar refractivity (Wildman–Crippen MR) is 94.9 cm³/mol. The number of hydrogen-bond acceptors (Lipinski definition) is 4. The molecule has 0 aliphatic heterocycles. The third kappa shape index (κ3) is 5.20. The van der Waals surface area contributed by atoms with E-state index in [1.54, 1.807) is 37.6 Å². The van der Waals surface area contributed by atoms with E-state index in [0.717, 1.165) is 6.42 Å². The van der Waals surface area contributed by atoms with Gasteiger partial charge in [0.15, 0.2) is 0 Å². The molecule has 0 saturated heterocycles. The van der Waals surface area contributed by atoms with Gasteiger partial charge in [-0.2, -0.15) is 0 Å². The van der Waals surface area contributed by atoms with Crippen LogP contribution in [-0.4, -0.2) is 30.0 Å². The van der Waals surface area contributed by atoms with Crippen molar-refractivity contribution in [2.75, 3.05) is 19.0 Å². The smallest absolute Gasteiger partial charge is 0.251 e. The Bertz CT molecular complexity index is 797. The number of benzene rings is 1. The van der Waals surface area contributed by atoms with Crippen molar-refractivity contribution in [1.82, 2.24) is 9.88 Å². The van der Waals surface area contributed by atoms with Crippen molar-refractivity contribution in [3.05, 3.63) is 58.5 Å². The average Bonchev–Trinajstić information content (AvgIpc) is 2.63. The number of carbonyl (C=O) groups is 2. The van der Waals surface area contributed by atoms with Crippen molar-refractivity contribution in [2.24, 2.45) is 0 Å². The van der Waals surface area contributed by atoms with Crippen molar-refractivity contribution in [3.63, 3.8) is 0 Å². The second-order valence-corrected chi connectivity index (χ2v) is 5.41. The Morgan fingerprint density at radius 1 is 1.12 bits per heavy atom.